The highest BCUT2D eigenvalue weighted by Crippen LogP contribution is 2.25. The van der Waals surface area contributed by atoms with Gasteiger partial charge in [0.1, 0.15) is 5.82 Å². The quantitative estimate of drug-likeness (QED) is 0.444. The van der Waals surface area contributed by atoms with Gasteiger partial charge in [-0.1, -0.05) is 18.2 Å². The van der Waals surface area contributed by atoms with Crippen molar-refractivity contribution < 1.29 is 28.9 Å². The molecule has 0 fully saturated rings. The fourth-order valence-corrected chi connectivity index (χ4v) is 1.74. The Kier molecular flexibility index (Phi) is 5.51. The van der Waals surface area contributed by atoms with Crippen molar-refractivity contribution in [2.75, 3.05) is 11.9 Å². The van der Waals surface area contributed by atoms with Gasteiger partial charge in [0, 0.05) is 6.08 Å². The molecule has 0 aliphatic rings. The molecule has 24 heavy (non-hydrogen) atoms. The number of esters is 1. The monoisotopic (exact) mass is 331 g/mol. The van der Waals surface area contributed by atoms with Crippen LogP contribution in [0.2, 0.25) is 0 Å². The summed E-state index contributed by atoms with van der Waals surface area (Å²) in [5.74, 6) is -2.66. The highest BCUT2D eigenvalue weighted by atomic mass is 19.1. The lowest BCUT2D eigenvalue weighted by Gasteiger charge is -2.06. The largest absolute Gasteiger partial charge is 0.504 e. The third-order valence-corrected chi connectivity index (χ3v) is 2.90. The normalized spacial score (nSPS) is 10.5. The number of phenols is 2. The van der Waals surface area contributed by atoms with Gasteiger partial charge >= 0.3 is 5.97 Å². The van der Waals surface area contributed by atoms with Gasteiger partial charge in [-0.15, -0.1) is 0 Å². The first-order chi connectivity index (χ1) is 11.5. The van der Waals surface area contributed by atoms with Crippen molar-refractivity contribution in [2.24, 2.45) is 0 Å². The van der Waals surface area contributed by atoms with Gasteiger partial charge in [0.2, 0.25) is 0 Å². The lowest BCUT2D eigenvalue weighted by Crippen LogP contribution is -2.20. The maximum absolute atomic E-state index is 13.3. The molecule has 124 valence electrons. The van der Waals surface area contributed by atoms with Gasteiger partial charge < -0.3 is 20.3 Å². The fraction of sp³-hybridized carbons (Fsp3) is 0.0588. The maximum atomic E-state index is 13.3. The molecule has 6 nitrogen and oxygen atoms in total. The van der Waals surface area contributed by atoms with Gasteiger partial charge in [0.25, 0.3) is 5.91 Å². The number of carbonyl (C=O) groups excluding carboxylic acids is 2. The van der Waals surface area contributed by atoms with Gasteiger partial charge in [0.15, 0.2) is 18.1 Å². The SMILES string of the molecule is O=C(COC(=O)/C=C/c1ccc(O)c(O)c1)Nc1ccccc1F. The second-order valence-corrected chi connectivity index (χ2v) is 4.72. The van der Waals surface area contributed by atoms with Crippen molar-refractivity contribution >= 4 is 23.6 Å². The summed E-state index contributed by atoms with van der Waals surface area (Å²) in [6.45, 7) is -0.571. The van der Waals surface area contributed by atoms with Crippen molar-refractivity contribution in [1.29, 1.82) is 0 Å². The number of benzene rings is 2. The van der Waals surface area contributed by atoms with Crippen LogP contribution < -0.4 is 5.32 Å². The van der Waals surface area contributed by atoms with E-state index in [0.717, 1.165) is 6.08 Å². The number of aromatic hydroxyl groups is 2. The van der Waals surface area contributed by atoms with Crippen LogP contribution in [0.5, 0.6) is 11.5 Å². The molecule has 0 aliphatic carbocycles. The van der Waals surface area contributed by atoms with E-state index in [9.17, 15) is 24.2 Å². The number of carbonyl (C=O) groups is 2. The number of amides is 1. The van der Waals surface area contributed by atoms with E-state index in [1.54, 1.807) is 6.07 Å². The number of phenolic OH excluding ortho intramolecular Hbond substituents is 2. The number of nitrogens with one attached hydrogen (secondary N) is 1. The molecule has 0 saturated heterocycles. The highest BCUT2D eigenvalue weighted by molar-refractivity contribution is 5.94. The molecule has 0 atom stereocenters. The maximum Gasteiger partial charge on any atom is 0.331 e. The average Bonchev–Trinajstić information content (AvgIpc) is 2.56. The van der Waals surface area contributed by atoms with E-state index in [1.807, 2.05) is 0 Å². The molecule has 3 N–H and O–H groups in total. The number of anilines is 1. The molecule has 0 unspecified atom stereocenters. The molecule has 0 aliphatic heterocycles. The molecular formula is C17H14FNO5. The minimum Gasteiger partial charge on any atom is -0.504 e. The van der Waals surface area contributed by atoms with Crippen molar-refractivity contribution in [1.82, 2.24) is 0 Å². The van der Waals surface area contributed by atoms with E-state index < -0.39 is 24.3 Å². The van der Waals surface area contributed by atoms with Gasteiger partial charge in [-0.25, -0.2) is 9.18 Å². The second-order valence-electron chi connectivity index (χ2n) is 4.72. The summed E-state index contributed by atoms with van der Waals surface area (Å²) in [6.07, 6.45) is 2.40. The van der Waals surface area contributed by atoms with Crippen molar-refractivity contribution in [2.45, 2.75) is 0 Å². The molecule has 0 radical (unpaired) electrons. The first-order valence-electron chi connectivity index (χ1n) is 6.87. The van der Waals surface area contributed by atoms with Crippen LogP contribution in [0.25, 0.3) is 6.08 Å². The van der Waals surface area contributed by atoms with Crippen LogP contribution >= 0.6 is 0 Å². The summed E-state index contributed by atoms with van der Waals surface area (Å²) < 4.78 is 18.1. The van der Waals surface area contributed by atoms with Crippen LogP contribution in [0.15, 0.2) is 48.5 Å². The van der Waals surface area contributed by atoms with E-state index in [1.165, 1.54) is 42.5 Å². The lowest BCUT2D eigenvalue weighted by atomic mass is 10.2. The van der Waals surface area contributed by atoms with Crippen LogP contribution in [0.4, 0.5) is 10.1 Å². The molecule has 0 heterocycles. The van der Waals surface area contributed by atoms with Crippen LogP contribution in [0.3, 0.4) is 0 Å². The van der Waals surface area contributed by atoms with Gasteiger partial charge in [-0.05, 0) is 35.9 Å². The first kappa shape index (κ1) is 17.0. The van der Waals surface area contributed by atoms with Gasteiger partial charge in [-0.3, -0.25) is 4.79 Å². The third-order valence-electron chi connectivity index (χ3n) is 2.90. The predicted octanol–water partition coefficient (Wildman–Crippen LogP) is 2.43. The molecule has 2 rings (SSSR count). The van der Waals surface area contributed by atoms with E-state index in [-0.39, 0.29) is 17.2 Å². The van der Waals surface area contributed by atoms with Gasteiger partial charge in [0.05, 0.1) is 5.69 Å². The zero-order valence-electron chi connectivity index (χ0n) is 12.4. The van der Waals surface area contributed by atoms with Crippen LogP contribution in [-0.4, -0.2) is 28.7 Å². The Morgan fingerprint density at radius 2 is 1.88 bits per heavy atom. The van der Waals surface area contributed by atoms with Gasteiger partial charge in [-0.2, -0.15) is 0 Å². The fourth-order valence-electron chi connectivity index (χ4n) is 1.74. The highest BCUT2D eigenvalue weighted by Gasteiger charge is 2.08. The minimum absolute atomic E-state index is 0.00587. The van der Waals surface area contributed by atoms with Crippen LogP contribution in [0, 0.1) is 5.82 Å². The Balaban J connectivity index is 1.84. The van der Waals surface area contributed by atoms with E-state index >= 15 is 0 Å². The Morgan fingerprint density at radius 1 is 1.12 bits per heavy atom. The van der Waals surface area contributed by atoms with E-state index in [4.69, 9.17) is 4.74 Å². The van der Waals surface area contributed by atoms with Crippen molar-refractivity contribution in [3.63, 3.8) is 0 Å². The topological polar surface area (TPSA) is 95.9 Å². The minimum atomic E-state index is -0.786. The summed E-state index contributed by atoms with van der Waals surface area (Å²) in [4.78, 5) is 23.1. The summed E-state index contributed by atoms with van der Waals surface area (Å²) in [7, 11) is 0. The van der Waals surface area contributed by atoms with Crippen LogP contribution in [-0.2, 0) is 14.3 Å². The number of hydrogen-bond donors (Lipinski definition) is 3. The molecule has 7 heteroatoms. The Hall–Kier alpha value is -3.35. The second kappa shape index (κ2) is 7.77. The Labute approximate surface area is 136 Å². The Bertz CT molecular complexity index is 788. The summed E-state index contributed by atoms with van der Waals surface area (Å²) in [5.41, 5.74) is 0.451. The van der Waals surface area contributed by atoms with Crippen molar-refractivity contribution in [3.8, 4) is 11.5 Å². The number of hydrogen-bond acceptors (Lipinski definition) is 5. The summed E-state index contributed by atoms with van der Waals surface area (Å²) in [5, 5.41) is 20.8. The predicted molar refractivity (Wildman–Crippen MR) is 84.8 cm³/mol. The van der Waals surface area contributed by atoms with Crippen molar-refractivity contribution in [3.05, 3.63) is 59.9 Å². The molecule has 2 aromatic rings. The zero-order valence-corrected chi connectivity index (χ0v) is 12.4. The lowest BCUT2D eigenvalue weighted by molar-refractivity contribution is -0.142. The zero-order chi connectivity index (χ0) is 17.5. The molecule has 1 amide bonds. The summed E-state index contributed by atoms with van der Waals surface area (Å²) >= 11 is 0. The summed E-state index contributed by atoms with van der Waals surface area (Å²) in [6, 6.07) is 9.61. The van der Waals surface area contributed by atoms with Crippen LogP contribution in [0.1, 0.15) is 5.56 Å². The Morgan fingerprint density at radius 3 is 2.58 bits per heavy atom. The number of ether oxygens (including phenoxy) is 1. The van der Waals surface area contributed by atoms with E-state index in [2.05, 4.69) is 5.32 Å². The molecule has 0 aromatic heterocycles. The van der Waals surface area contributed by atoms with E-state index in [0.29, 0.717) is 5.56 Å². The smallest absolute Gasteiger partial charge is 0.331 e. The molecule has 0 spiro atoms. The third kappa shape index (κ3) is 4.84. The number of rotatable bonds is 5. The molecule has 0 saturated carbocycles. The number of halogens is 1. The standard InChI is InChI=1S/C17H14FNO5/c18-12-3-1-2-4-13(12)19-16(22)10-24-17(23)8-6-11-5-7-14(20)15(21)9-11/h1-9,20-21H,10H2,(H,19,22)/b8-6+. The molecular weight excluding hydrogens is 317 g/mol. The average molecular weight is 331 g/mol. The first-order valence-corrected chi connectivity index (χ1v) is 6.87. The molecule has 2 aromatic carbocycles. The molecule has 0 bridgehead atoms. The number of para-hydroxylation sites is 1.